The Bertz CT molecular complexity index is 250. The second-order valence-corrected chi connectivity index (χ2v) is 4.10. The van der Waals surface area contributed by atoms with Gasteiger partial charge in [0.2, 0.25) is 6.04 Å². The SMILES string of the molecule is CC1C=CC(CI)C=CC1[N+](=O)[O-]. The van der Waals surface area contributed by atoms with Crippen LogP contribution in [0.4, 0.5) is 0 Å². The number of hydrogen-bond acceptors (Lipinski definition) is 2. The fourth-order valence-corrected chi connectivity index (χ4v) is 1.88. The molecule has 0 fully saturated rings. The molecule has 0 N–H and O–H groups in total. The molecule has 0 spiro atoms. The average molecular weight is 293 g/mol. The normalized spacial score (nSPS) is 32.9. The minimum Gasteiger partial charge on any atom is -0.264 e. The Hall–Kier alpha value is -0.390. The van der Waals surface area contributed by atoms with Gasteiger partial charge in [0, 0.05) is 21.2 Å². The molecule has 0 amide bonds. The molecule has 0 heterocycles. The molecule has 0 aromatic carbocycles. The van der Waals surface area contributed by atoms with Crippen LogP contribution in [0.5, 0.6) is 0 Å². The average Bonchev–Trinajstić information content (AvgIpc) is 2.27. The monoisotopic (exact) mass is 293 g/mol. The maximum Gasteiger partial charge on any atom is 0.237 e. The largest absolute Gasteiger partial charge is 0.264 e. The molecule has 0 aromatic heterocycles. The summed E-state index contributed by atoms with van der Waals surface area (Å²) < 4.78 is 0.974. The van der Waals surface area contributed by atoms with Crippen LogP contribution >= 0.6 is 22.6 Å². The van der Waals surface area contributed by atoms with Crippen molar-refractivity contribution in [2.24, 2.45) is 11.8 Å². The van der Waals surface area contributed by atoms with Crippen molar-refractivity contribution in [2.45, 2.75) is 13.0 Å². The Morgan fingerprint density at radius 2 is 2.00 bits per heavy atom. The Morgan fingerprint density at radius 1 is 1.38 bits per heavy atom. The minimum absolute atomic E-state index is 0.000741. The van der Waals surface area contributed by atoms with Crippen molar-refractivity contribution >= 4 is 22.6 Å². The first kappa shape index (κ1) is 10.7. The molecule has 0 saturated carbocycles. The fourth-order valence-electron chi connectivity index (χ4n) is 1.29. The van der Waals surface area contributed by atoms with Gasteiger partial charge in [-0.1, -0.05) is 47.7 Å². The highest BCUT2D eigenvalue weighted by Gasteiger charge is 2.24. The van der Waals surface area contributed by atoms with Gasteiger partial charge in [0.15, 0.2) is 0 Å². The predicted molar refractivity (Wildman–Crippen MR) is 60.6 cm³/mol. The summed E-state index contributed by atoms with van der Waals surface area (Å²) in [5, 5.41) is 10.6. The van der Waals surface area contributed by atoms with E-state index in [4.69, 9.17) is 0 Å². The van der Waals surface area contributed by atoms with Gasteiger partial charge in [-0.2, -0.15) is 0 Å². The third kappa shape index (κ3) is 2.79. The van der Waals surface area contributed by atoms with Crippen LogP contribution in [-0.4, -0.2) is 15.4 Å². The van der Waals surface area contributed by atoms with Crippen LogP contribution in [0.3, 0.4) is 0 Å². The van der Waals surface area contributed by atoms with Gasteiger partial charge >= 0.3 is 0 Å². The zero-order valence-corrected chi connectivity index (χ0v) is 9.55. The molecule has 0 bridgehead atoms. The van der Waals surface area contributed by atoms with Crippen molar-refractivity contribution in [2.75, 3.05) is 4.43 Å². The highest BCUT2D eigenvalue weighted by molar-refractivity contribution is 14.1. The molecule has 4 heteroatoms. The highest BCUT2D eigenvalue weighted by Crippen LogP contribution is 2.18. The molecule has 3 atom stereocenters. The van der Waals surface area contributed by atoms with Crippen LogP contribution in [0.1, 0.15) is 6.92 Å². The molecule has 1 aliphatic rings. The first-order valence-electron chi connectivity index (χ1n) is 4.21. The third-order valence-electron chi connectivity index (χ3n) is 2.18. The number of allylic oxidation sites excluding steroid dienone is 2. The maximum absolute atomic E-state index is 10.6. The summed E-state index contributed by atoms with van der Waals surface area (Å²) in [6, 6.07) is -0.552. The van der Waals surface area contributed by atoms with E-state index in [-0.39, 0.29) is 10.8 Å². The van der Waals surface area contributed by atoms with Crippen molar-refractivity contribution in [3.8, 4) is 0 Å². The van der Waals surface area contributed by atoms with E-state index in [9.17, 15) is 10.1 Å². The molecule has 3 unspecified atom stereocenters. The molecular formula is C9H12INO2. The summed E-state index contributed by atoms with van der Waals surface area (Å²) in [4.78, 5) is 10.4. The quantitative estimate of drug-likeness (QED) is 0.258. The van der Waals surface area contributed by atoms with Crippen LogP contribution in [0, 0.1) is 22.0 Å². The van der Waals surface area contributed by atoms with E-state index in [2.05, 4.69) is 28.7 Å². The second kappa shape index (κ2) is 4.74. The molecule has 13 heavy (non-hydrogen) atoms. The summed E-state index contributed by atoms with van der Waals surface area (Å²) >= 11 is 2.28. The molecule has 0 aromatic rings. The standard InChI is InChI=1S/C9H12INO2/c1-7-2-3-8(6-10)4-5-9(7)11(12)13/h2-5,7-9H,6H2,1H3. The molecule has 72 valence electrons. The van der Waals surface area contributed by atoms with Crippen LogP contribution < -0.4 is 0 Å². The van der Waals surface area contributed by atoms with Crippen LogP contribution in [0.15, 0.2) is 24.3 Å². The predicted octanol–water partition coefficient (Wildman–Crippen LogP) is 2.45. The number of halogens is 1. The molecule has 3 nitrogen and oxygen atoms in total. The van der Waals surface area contributed by atoms with Crippen LogP contribution in [-0.2, 0) is 0 Å². The zero-order chi connectivity index (χ0) is 9.84. The zero-order valence-electron chi connectivity index (χ0n) is 7.39. The Kier molecular flexibility index (Phi) is 3.90. The van der Waals surface area contributed by atoms with E-state index in [1.165, 1.54) is 0 Å². The summed E-state index contributed by atoms with van der Waals surface area (Å²) in [5.74, 6) is 0.354. The summed E-state index contributed by atoms with van der Waals surface area (Å²) in [6.07, 6.45) is 7.64. The lowest BCUT2D eigenvalue weighted by atomic mass is 10.0. The van der Waals surface area contributed by atoms with Crippen LogP contribution in [0.25, 0.3) is 0 Å². The lowest BCUT2D eigenvalue weighted by molar-refractivity contribution is -0.515. The highest BCUT2D eigenvalue weighted by atomic mass is 127. The smallest absolute Gasteiger partial charge is 0.237 e. The Balaban J connectivity index is 2.80. The van der Waals surface area contributed by atoms with Gasteiger partial charge in [0.05, 0.1) is 0 Å². The molecule has 1 aliphatic carbocycles. The molecule has 0 radical (unpaired) electrons. The van der Waals surface area contributed by atoms with Crippen molar-refractivity contribution in [3.05, 3.63) is 34.4 Å². The first-order chi connectivity index (χ1) is 6.15. The van der Waals surface area contributed by atoms with E-state index in [0.29, 0.717) is 5.92 Å². The van der Waals surface area contributed by atoms with Crippen molar-refractivity contribution in [3.63, 3.8) is 0 Å². The summed E-state index contributed by atoms with van der Waals surface area (Å²) in [5.41, 5.74) is 0. The van der Waals surface area contributed by atoms with Gasteiger partial charge in [-0.3, -0.25) is 10.1 Å². The van der Waals surface area contributed by atoms with Gasteiger partial charge < -0.3 is 0 Å². The van der Waals surface area contributed by atoms with Crippen LogP contribution in [0.2, 0.25) is 0 Å². The van der Waals surface area contributed by atoms with Gasteiger partial charge in [0.1, 0.15) is 0 Å². The Labute approximate surface area is 91.2 Å². The first-order valence-corrected chi connectivity index (χ1v) is 5.74. The number of hydrogen-bond donors (Lipinski definition) is 0. The van der Waals surface area contributed by atoms with Gasteiger partial charge in [-0.25, -0.2) is 0 Å². The van der Waals surface area contributed by atoms with E-state index in [1.807, 2.05) is 19.1 Å². The molecule has 0 aliphatic heterocycles. The fraction of sp³-hybridized carbons (Fsp3) is 0.556. The topological polar surface area (TPSA) is 43.1 Å². The maximum atomic E-state index is 10.6. The summed E-state index contributed by atoms with van der Waals surface area (Å²) in [6.45, 7) is 1.88. The van der Waals surface area contributed by atoms with Gasteiger partial charge in [-0.05, 0) is 6.08 Å². The third-order valence-corrected chi connectivity index (χ3v) is 3.19. The lowest BCUT2D eigenvalue weighted by Gasteiger charge is -2.07. The van der Waals surface area contributed by atoms with Crippen molar-refractivity contribution in [1.82, 2.24) is 0 Å². The van der Waals surface area contributed by atoms with Crippen molar-refractivity contribution < 1.29 is 4.92 Å². The van der Waals surface area contributed by atoms with E-state index >= 15 is 0 Å². The lowest BCUT2D eigenvalue weighted by Crippen LogP contribution is -2.23. The van der Waals surface area contributed by atoms with E-state index in [0.717, 1.165) is 4.43 Å². The number of nitrogens with zero attached hydrogens (tertiary/aromatic N) is 1. The number of nitro groups is 1. The number of alkyl halides is 1. The minimum atomic E-state index is -0.552. The van der Waals surface area contributed by atoms with Gasteiger partial charge in [0.25, 0.3) is 0 Å². The van der Waals surface area contributed by atoms with Crippen molar-refractivity contribution in [1.29, 1.82) is 0 Å². The second-order valence-electron chi connectivity index (χ2n) is 3.22. The van der Waals surface area contributed by atoms with E-state index in [1.54, 1.807) is 6.08 Å². The Morgan fingerprint density at radius 3 is 2.54 bits per heavy atom. The number of rotatable bonds is 2. The van der Waals surface area contributed by atoms with E-state index < -0.39 is 6.04 Å². The summed E-state index contributed by atoms with van der Waals surface area (Å²) in [7, 11) is 0. The molecule has 1 rings (SSSR count). The van der Waals surface area contributed by atoms with Gasteiger partial charge in [-0.15, -0.1) is 0 Å². The molecule has 0 saturated heterocycles. The molecular weight excluding hydrogens is 281 g/mol.